The fraction of sp³-hybridized carbons (Fsp3) is 0.250. The molecule has 12 heavy (non-hydrogen) atoms. The van der Waals surface area contributed by atoms with Crippen LogP contribution in [0.25, 0.3) is 0 Å². The fourth-order valence-electron chi connectivity index (χ4n) is 0.930. The Bertz CT molecular complexity index is 289. The van der Waals surface area contributed by atoms with Gasteiger partial charge in [0.25, 0.3) is 0 Å². The smallest absolute Gasteiger partial charge is 0.307 e. The summed E-state index contributed by atoms with van der Waals surface area (Å²) in [6, 6.07) is 0. The molecule has 0 radical (unpaired) electrons. The number of aliphatic carboxylic acids is 1. The first-order valence-electron chi connectivity index (χ1n) is 3.40. The average molecular weight is 187 g/mol. The summed E-state index contributed by atoms with van der Waals surface area (Å²) in [4.78, 5) is 21.3. The molecule has 0 aliphatic heterocycles. The molecule has 0 amide bonds. The van der Waals surface area contributed by atoms with E-state index < -0.39 is 5.97 Å². The lowest BCUT2D eigenvalue weighted by atomic mass is 10.0. The van der Waals surface area contributed by atoms with E-state index in [0.29, 0.717) is 10.6 Å². The van der Waals surface area contributed by atoms with Crippen molar-refractivity contribution in [3.8, 4) is 0 Å². The number of hydrogen-bond donors (Lipinski definition) is 1. The van der Waals surface area contributed by atoms with Gasteiger partial charge in [-0.05, 0) is 6.08 Å². The standard InChI is InChI=1S/C8H7ClO3/c9-6-2-1-5(3-8(11)12)7(10)4-6/h1-2H,3-4H2,(H,11,12). The summed E-state index contributed by atoms with van der Waals surface area (Å²) in [5.74, 6) is -1.20. The van der Waals surface area contributed by atoms with Crippen molar-refractivity contribution in [3.05, 3.63) is 22.8 Å². The molecule has 0 unspecified atom stereocenters. The average Bonchev–Trinajstić information content (AvgIpc) is 1.94. The minimum absolute atomic E-state index is 0.126. The van der Waals surface area contributed by atoms with Gasteiger partial charge in [-0.25, -0.2) is 0 Å². The van der Waals surface area contributed by atoms with Gasteiger partial charge in [0.2, 0.25) is 0 Å². The summed E-state index contributed by atoms with van der Waals surface area (Å²) in [6.07, 6.45) is 2.92. The third-order valence-electron chi connectivity index (χ3n) is 1.49. The predicted octanol–water partition coefficient (Wildman–Crippen LogP) is 1.48. The maximum absolute atomic E-state index is 11.1. The van der Waals surface area contributed by atoms with Crippen LogP contribution in [0, 0.1) is 0 Å². The number of ketones is 1. The normalized spacial score (nSPS) is 16.9. The monoisotopic (exact) mass is 186 g/mol. The molecule has 0 heterocycles. The third kappa shape index (κ3) is 2.20. The Labute approximate surface area is 74.3 Å². The van der Waals surface area contributed by atoms with Crippen molar-refractivity contribution in [1.29, 1.82) is 0 Å². The van der Waals surface area contributed by atoms with Gasteiger partial charge in [-0.2, -0.15) is 0 Å². The molecule has 0 aromatic heterocycles. The molecule has 0 atom stereocenters. The molecule has 64 valence electrons. The Morgan fingerprint density at radius 3 is 2.75 bits per heavy atom. The van der Waals surface area contributed by atoms with Crippen LogP contribution < -0.4 is 0 Å². The number of carboxylic acid groups (broad SMARTS) is 1. The summed E-state index contributed by atoms with van der Waals surface area (Å²) in [5.41, 5.74) is 0.312. The van der Waals surface area contributed by atoms with Gasteiger partial charge < -0.3 is 5.11 Å². The van der Waals surface area contributed by atoms with Crippen molar-refractivity contribution in [2.45, 2.75) is 12.8 Å². The Hall–Kier alpha value is -1.09. The van der Waals surface area contributed by atoms with Crippen molar-refractivity contribution in [2.75, 3.05) is 0 Å². The highest BCUT2D eigenvalue weighted by atomic mass is 35.5. The van der Waals surface area contributed by atoms with E-state index in [1.54, 1.807) is 6.08 Å². The van der Waals surface area contributed by atoms with Crippen LogP contribution in [0.1, 0.15) is 12.8 Å². The van der Waals surface area contributed by atoms with Gasteiger partial charge in [0, 0.05) is 17.0 Å². The first-order chi connectivity index (χ1) is 5.59. The Morgan fingerprint density at radius 2 is 2.25 bits per heavy atom. The van der Waals surface area contributed by atoms with E-state index in [4.69, 9.17) is 16.7 Å². The Balaban J connectivity index is 2.76. The summed E-state index contributed by atoms with van der Waals surface area (Å²) in [6.45, 7) is 0. The lowest BCUT2D eigenvalue weighted by Gasteiger charge is -2.06. The van der Waals surface area contributed by atoms with E-state index in [1.165, 1.54) is 6.08 Å². The molecule has 0 aromatic rings. The quantitative estimate of drug-likeness (QED) is 0.711. The van der Waals surface area contributed by atoms with Crippen LogP contribution in [0.3, 0.4) is 0 Å². The molecule has 1 aliphatic carbocycles. The van der Waals surface area contributed by atoms with E-state index in [1.807, 2.05) is 0 Å². The highest BCUT2D eigenvalue weighted by Crippen LogP contribution is 2.19. The molecule has 1 N–H and O–H groups in total. The summed E-state index contributed by atoms with van der Waals surface area (Å²) < 4.78 is 0. The van der Waals surface area contributed by atoms with Crippen LogP contribution in [-0.4, -0.2) is 16.9 Å². The van der Waals surface area contributed by atoms with Gasteiger partial charge in [0.05, 0.1) is 6.42 Å². The van der Waals surface area contributed by atoms with E-state index in [0.717, 1.165) is 0 Å². The topological polar surface area (TPSA) is 54.4 Å². The fourth-order valence-corrected chi connectivity index (χ4v) is 1.11. The van der Waals surface area contributed by atoms with Crippen LogP contribution in [-0.2, 0) is 9.59 Å². The van der Waals surface area contributed by atoms with Crippen molar-refractivity contribution in [1.82, 2.24) is 0 Å². The van der Waals surface area contributed by atoms with E-state index in [2.05, 4.69) is 0 Å². The van der Waals surface area contributed by atoms with Crippen molar-refractivity contribution in [2.24, 2.45) is 0 Å². The van der Waals surface area contributed by atoms with Gasteiger partial charge in [0.1, 0.15) is 0 Å². The van der Waals surface area contributed by atoms with Gasteiger partial charge in [-0.3, -0.25) is 9.59 Å². The summed E-state index contributed by atoms with van der Waals surface area (Å²) in [7, 11) is 0. The van der Waals surface area contributed by atoms with Crippen LogP contribution >= 0.6 is 11.6 Å². The van der Waals surface area contributed by atoms with E-state index in [-0.39, 0.29) is 18.6 Å². The third-order valence-corrected chi connectivity index (χ3v) is 1.75. The van der Waals surface area contributed by atoms with Crippen LogP contribution in [0.15, 0.2) is 22.8 Å². The van der Waals surface area contributed by atoms with Gasteiger partial charge in [-0.15, -0.1) is 0 Å². The number of hydrogen-bond acceptors (Lipinski definition) is 2. The first kappa shape index (κ1) is 9.00. The lowest BCUT2D eigenvalue weighted by Crippen LogP contribution is -2.10. The summed E-state index contributed by atoms with van der Waals surface area (Å²) >= 11 is 5.56. The van der Waals surface area contributed by atoms with Crippen LogP contribution in [0.5, 0.6) is 0 Å². The largest absolute Gasteiger partial charge is 0.481 e. The number of carboxylic acids is 1. The minimum Gasteiger partial charge on any atom is -0.481 e. The molecule has 3 nitrogen and oxygen atoms in total. The van der Waals surface area contributed by atoms with Crippen molar-refractivity contribution < 1.29 is 14.7 Å². The van der Waals surface area contributed by atoms with E-state index in [9.17, 15) is 9.59 Å². The van der Waals surface area contributed by atoms with Gasteiger partial charge in [0.15, 0.2) is 5.78 Å². The lowest BCUT2D eigenvalue weighted by molar-refractivity contribution is -0.137. The molecule has 0 spiro atoms. The maximum Gasteiger partial charge on any atom is 0.307 e. The Morgan fingerprint density at radius 1 is 1.58 bits per heavy atom. The number of allylic oxidation sites excluding steroid dienone is 3. The van der Waals surface area contributed by atoms with Gasteiger partial charge in [-0.1, -0.05) is 17.7 Å². The first-order valence-corrected chi connectivity index (χ1v) is 3.77. The molecule has 0 saturated heterocycles. The number of Topliss-reactive ketones (excluding diaryl/α,β-unsaturated/α-hetero) is 1. The molecular formula is C8H7ClO3. The summed E-state index contributed by atoms with van der Waals surface area (Å²) in [5, 5.41) is 8.86. The van der Waals surface area contributed by atoms with Crippen LogP contribution in [0.2, 0.25) is 0 Å². The molecular weight excluding hydrogens is 180 g/mol. The second-order valence-electron chi connectivity index (χ2n) is 2.48. The highest BCUT2D eigenvalue weighted by Gasteiger charge is 2.16. The zero-order chi connectivity index (χ0) is 9.14. The minimum atomic E-state index is -0.999. The number of halogens is 1. The van der Waals surface area contributed by atoms with Crippen molar-refractivity contribution >= 4 is 23.4 Å². The number of carbonyl (C=O) groups is 2. The second kappa shape index (κ2) is 3.54. The molecule has 0 aromatic carbocycles. The molecule has 0 saturated carbocycles. The zero-order valence-corrected chi connectivity index (χ0v) is 6.97. The van der Waals surface area contributed by atoms with Crippen LogP contribution in [0.4, 0.5) is 0 Å². The number of carbonyl (C=O) groups excluding carboxylic acids is 1. The van der Waals surface area contributed by atoms with Gasteiger partial charge >= 0.3 is 5.97 Å². The SMILES string of the molecule is O=C(O)CC1=CC=C(Cl)CC1=O. The predicted molar refractivity (Wildman–Crippen MR) is 43.9 cm³/mol. The van der Waals surface area contributed by atoms with Crippen molar-refractivity contribution in [3.63, 3.8) is 0 Å². The highest BCUT2D eigenvalue weighted by molar-refractivity contribution is 6.32. The molecule has 0 fully saturated rings. The second-order valence-corrected chi connectivity index (χ2v) is 2.96. The molecule has 1 rings (SSSR count). The number of rotatable bonds is 2. The maximum atomic E-state index is 11.1. The zero-order valence-electron chi connectivity index (χ0n) is 6.21. The molecule has 0 bridgehead atoms. The Kier molecular flexibility index (Phi) is 2.65. The molecule has 1 aliphatic rings. The van der Waals surface area contributed by atoms with E-state index >= 15 is 0 Å². The molecule has 4 heteroatoms.